The average molecular weight is 405 g/mol. The molecule has 8 heteroatoms. The number of pyridine rings is 1. The minimum Gasteiger partial charge on any atom is -0.344 e. The van der Waals surface area contributed by atoms with E-state index in [0.717, 1.165) is 21.0 Å². The number of anilines is 1. The van der Waals surface area contributed by atoms with E-state index in [1.165, 1.54) is 4.90 Å². The maximum atomic E-state index is 12.8. The summed E-state index contributed by atoms with van der Waals surface area (Å²) in [5.74, 6) is -0.211. The highest BCUT2D eigenvalue weighted by atomic mass is 32.1. The van der Waals surface area contributed by atoms with Crippen molar-refractivity contribution in [2.45, 2.75) is 0 Å². The van der Waals surface area contributed by atoms with Crippen molar-refractivity contribution in [3.63, 3.8) is 0 Å². The van der Waals surface area contributed by atoms with E-state index in [9.17, 15) is 9.59 Å². The molecule has 2 aliphatic rings. The van der Waals surface area contributed by atoms with E-state index in [-0.39, 0.29) is 18.4 Å². The first-order valence-corrected chi connectivity index (χ1v) is 10.3. The molecule has 0 atom stereocenters. The van der Waals surface area contributed by atoms with Crippen LogP contribution in [0, 0.1) is 0 Å². The largest absolute Gasteiger partial charge is 0.344 e. The highest BCUT2D eigenvalue weighted by molar-refractivity contribution is 7.21. The van der Waals surface area contributed by atoms with Crippen molar-refractivity contribution in [2.24, 2.45) is 0 Å². The number of carbonyl (C=O) groups excluding carboxylic acids is 2. The van der Waals surface area contributed by atoms with Gasteiger partial charge in [0, 0.05) is 49.2 Å². The number of benzene rings is 1. The van der Waals surface area contributed by atoms with Crippen LogP contribution in [0.4, 0.5) is 5.13 Å². The predicted molar refractivity (Wildman–Crippen MR) is 113 cm³/mol. The molecule has 2 amide bonds. The average Bonchev–Trinajstić information content (AvgIpc) is 3.29. The molecule has 146 valence electrons. The van der Waals surface area contributed by atoms with Gasteiger partial charge in [0.1, 0.15) is 16.9 Å². The van der Waals surface area contributed by atoms with Crippen LogP contribution in [-0.4, -0.2) is 64.3 Å². The molecule has 2 aromatic heterocycles. The Morgan fingerprint density at radius 2 is 1.83 bits per heavy atom. The van der Waals surface area contributed by atoms with Crippen LogP contribution in [0.1, 0.15) is 15.9 Å². The molecule has 0 unspecified atom stereocenters. The summed E-state index contributed by atoms with van der Waals surface area (Å²) in [6.45, 7) is 6.66. The van der Waals surface area contributed by atoms with E-state index in [4.69, 9.17) is 0 Å². The van der Waals surface area contributed by atoms with E-state index < -0.39 is 0 Å². The van der Waals surface area contributed by atoms with Crippen LogP contribution in [0.25, 0.3) is 16.0 Å². The number of rotatable bonds is 3. The molecule has 0 saturated carbocycles. The van der Waals surface area contributed by atoms with Gasteiger partial charge in [0.05, 0.1) is 0 Å². The number of piperazine rings is 1. The van der Waals surface area contributed by atoms with Crippen molar-refractivity contribution in [2.75, 3.05) is 37.6 Å². The smallest absolute Gasteiger partial charge is 0.259 e. The number of hydrogen-bond donors (Lipinski definition) is 0. The summed E-state index contributed by atoms with van der Waals surface area (Å²) in [5.41, 5.74) is 2.91. The van der Waals surface area contributed by atoms with E-state index in [0.29, 0.717) is 37.4 Å². The molecule has 0 spiro atoms. The number of nitrogens with zero attached hydrogens (tertiary/aromatic N) is 5. The topological polar surface area (TPSA) is 69.6 Å². The molecule has 0 aliphatic carbocycles. The van der Waals surface area contributed by atoms with Gasteiger partial charge in [-0.05, 0) is 18.2 Å². The van der Waals surface area contributed by atoms with Crippen molar-refractivity contribution < 1.29 is 9.59 Å². The lowest BCUT2D eigenvalue weighted by molar-refractivity contribution is -0.131. The molecule has 5 rings (SSSR count). The second-order valence-electron chi connectivity index (χ2n) is 7.08. The van der Waals surface area contributed by atoms with Crippen LogP contribution >= 0.6 is 11.3 Å². The maximum Gasteiger partial charge on any atom is 0.259 e. The predicted octanol–water partition coefficient (Wildman–Crippen LogP) is 2.47. The Morgan fingerprint density at radius 3 is 2.55 bits per heavy atom. The fraction of sp³-hybridized carbons (Fsp3) is 0.238. The molecule has 0 radical (unpaired) electrons. The SMILES string of the molecule is C=C1c2ccccc2C(=O)N1CC(=O)N1CCN(c2nc3cccnc3s2)CC1. The molecular weight excluding hydrogens is 386 g/mol. The molecule has 1 aromatic carbocycles. The fourth-order valence-corrected chi connectivity index (χ4v) is 4.74. The van der Waals surface area contributed by atoms with Crippen LogP contribution in [0.15, 0.2) is 49.2 Å². The van der Waals surface area contributed by atoms with Gasteiger partial charge in [-0.15, -0.1) is 0 Å². The van der Waals surface area contributed by atoms with Gasteiger partial charge in [-0.1, -0.05) is 36.1 Å². The number of thiazole rings is 1. The molecule has 29 heavy (non-hydrogen) atoms. The van der Waals surface area contributed by atoms with Crippen molar-refractivity contribution in [1.82, 2.24) is 19.8 Å². The molecule has 0 N–H and O–H groups in total. The van der Waals surface area contributed by atoms with Crippen LogP contribution in [0.5, 0.6) is 0 Å². The summed E-state index contributed by atoms with van der Waals surface area (Å²) in [6, 6.07) is 11.2. The Kier molecular flexibility index (Phi) is 4.28. The first-order valence-electron chi connectivity index (χ1n) is 9.46. The summed E-state index contributed by atoms with van der Waals surface area (Å²) < 4.78 is 0. The monoisotopic (exact) mass is 405 g/mol. The lowest BCUT2D eigenvalue weighted by Gasteiger charge is -2.35. The number of aromatic nitrogens is 2. The molecule has 7 nitrogen and oxygen atoms in total. The molecule has 1 saturated heterocycles. The van der Waals surface area contributed by atoms with Gasteiger partial charge >= 0.3 is 0 Å². The van der Waals surface area contributed by atoms with Gasteiger partial charge in [-0.25, -0.2) is 9.97 Å². The number of fused-ring (bicyclic) bond motifs is 2. The second-order valence-corrected chi connectivity index (χ2v) is 8.03. The van der Waals surface area contributed by atoms with Crippen LogP contribution in [0.3, 0.4) is 0 Å². The Balaban J connectivity index is 1.23. The third-order valence-corrected chi connectivity index (χ3v) is 6.43. The zero-order chi connectivity index (χ0) is 20.0. The van der Waals surface area contributed by atoms with Gasteiger partial charge in [0.25, 0.3) is 5.91 Å². The lowest BCUT2D eigenvalue weighted by atomic mass is 10.1. The van der Waals surface area contributed by atoms with Gasteiger partial charge in [0.15, 0.2) is 5.13 Å². The minimum absolute atomic E-state index is 0.0252. The fourth-order valence-electron chi connectivity index (χ4n) is 3.78. The Labute approximate surface area is 171 Å². The third-order valence-electron chi connectivity index (χ3n) is 5.39. The molecule has 4 heterocycles. The molecule has 3 aromatic rings. The summed E-state index contributed by atoms with van der Waals surface area (Å²) in [6.07, 6.45) is 1.77. The van der Waals surface area contributed by atoms with Crippen LogP contribution < -0.4 is 4.90 Å². The molecule has 0 bridgehead atoms. The second kappa shape index (κ2) is 6.97. The summed E-state index contributed by atoms with van der Waals surface area (Å²) >= 11 is 1.57. The van der Waals surface area contributed by atoms with E-state index >= 15 is 0 Å². The van der Waals surface area contributed by atoms with Crippen LogP contribution in [0.2, 0.25) is 0 Å². The minimum atomic E-state index is -0.153. The van der Waals surface area contributed by atoms with Crippen molar-refractivity contribution in [3.8, 4) is 0 Å². The Morgan fingerprint density at radius 1 is 1.07 bits per heavy atom. The highest BCUT2D eigenvalue weighted by Gasteiger charge is 2.33. The summed E-state index contributed by atoms with van der Waals surface area (Å²) in [4.78, 5) is 40.8. The van der Waals surface area contributed by atoms with E-state index in [1.54, 1.807) is 23.6 Å². The highest BCUT2D eigenvalue weighted by Crippen LogP contribution is 2.31. The van der Waals surface area contributed by atoms with Crippen molar-refractivity contribution >= 4 is 44.3 Å². The van der Waals surface area contributed by atoms with Crippen molar-refractivity contribution in [3.05, 3.63) is 60.3 Å². The zero-order valence-corrected chi connectivity index (χ0v) is 16.6. The maximum absolute atomic E-state index is 12.8. The first-order chi connectivity index (χ1) is 14.1. The van der Waals surface area contributed by atoms with E-state index in [1.807, 2.05) is 35.2 Å². The normalized spacial score (nSPS) is 16.6. The van der Waals surface area contributed by atoms with E-state index in [2.05, 4.69) is 21.4 Å². The van der Waals surface area contributed by atoms with Crippen molar-refractivity contribution in [1.29, 1.82) is 0 Å². The third kappa shape index (κ3) is 3.05. The molecule has 1 fully saturated rings. The van der Waals surface area contributed by atoms with Gasteiger partial charge in [0.2, 0.25) is 5.91 Å². The zero-order valence-electron chi connectivity index (χ0n) is 15.7. The molecular formula is C21H19N5O2S. The quantitative estimate of drug-likeness (QED) is 0.670. The van der Waals surface area contributed by atoms with Gasteiger partial charge < -0.3 is 9.80 Å². The van der Waals surface area contributed by atoms with Gasteiger partial charge in [-0.2, -0.15) is 0 Å². The first kappa shape index (κ1) is 17.8. The number of carbonyl (C=O) groups is 2. The number of hydrogen-bond acceptors (Lipinski definition) is 6. The standard InChI is InChI=1S/C21H19N5O2S/c1-14-15-5-2-3-6-16(15)20(28)26(14)13-18(27)24-9-11-25(12-10-24)21-23-17-7-4-8-22-19(17)29-21/h2-8H,1,9-13H2. The number of amides is 2. The van der Waals surface area contributed by atoms with Crippen LogP contribution in [-0.2, 0) is 4.79 Å². The molecule has 2 aliphatic heterocycles. The Hall–Kier alpha value is -3.26. The summed E-state index contributed by atoms with van der Waals surface area (Å²) in [5, 5.41) is 0.935. The summed E-state index contributed by atoms with van der Waals surface area (Å²) in [7, 11) is 0. The lowest BCUT2D eigenvalue weighted by Crippen LogP contribution is -2.51. The van der Waals surface area contributed by atoms with Gasteiger partial charge in [-0.3, -0.25) is 14.5 Å². The Bertz CT molecular complexity index is 1060.